The van der Waals surface area contributed by atoms with Gasteiger partial charge in [0.2, 0.25) is 10.0 Å². The van der Waals surface area contributed by atoms with Gasteiger partial charge in [0.25, 0.3) is 0 Å². The molecule has 0 saturated heterocycles. The third-order valence-electron chi connectivity index (χ3n) is 3.64. The predicted molar refractivity (Wildman–Crippen MR) is 93.2 cm³/mol. The van der Waals surface area contributed by atoms with E-state index in [1.807, 2.05) is 0 Å². The van der Waals surface area contributed by atoms with Crippen LogP contribution in [0.4, 0.5) is 18.0 Å². The average Bonchev–Trinajstić information content (AvgIpc) is 2.64. The summed E-state index contributed by atoms with van der Waals surface area (Å²) < 4.78 is 63.7. The van der Waals surface area contributed by atoms with Gasteiger partial charge < -0.3 is 10.6 Å². The van der Waals surface area contributed by atoms with Crippen LogP contribution < -0.4 is 15.4 Å². The van der Waals surface area contributed by atoms with Crippen LogP contribution in [0.1, 0.15) is 16.7 Å². The van der Waals surface area contributed by atoms with Crippen molar-refractivity contribution in [2.45, 2.75) is 24.2 Å². The molecule has 3 N–H and O–H groups in total. The lowest BCUT2D eigenvalue weighted by Crippen LogP contribution is -2.34. The van der Waals surface area contributed by atoms with E-state index in [0.29, 0.717) is 11.1 Å². The molecule has 0 spiro atoms. The summed E-state index contributed by atoms with van der Waals surface area (Å²) >= 11 is 0. The standard InChI is InChI=1S/C17H18F3N3O3S/c1-21-27(25,26)15-7-3-5-13(9-15)11-23-16(24)22-10-12-4-2-6-14(8-12)17(18,19)20/h2-9,21H,10-11H2,1H3,(H2,22,23,24). The van der Waals surface area contributed by atoms with Crippen LogP contribution in [0.3, 0.4) is 0 Å². The highest BCUT2D eigenvalue weighted by molar-refractivity contribution is 7.89. The lowest BCUT2D eigenvalue weighted by Gasteiger charge is -2.11. The van der Waals surface area contributed by atoms with Gasteiger partial charge in [0, 0.05) is 13.1 Å². The van der Waals surface area contributed by atoms with Crippen molar-refractivity contribution in [3.05, 3.63) is 65.2 Å². The van der Waals surface area contributed by atoms with Crippen LogP contribution >= 0.6 is 0 Å². The van der Waals surface area contributed by atoms with Gasteiger partial charge >= 0.3 is 12.2 Å². The van der Waals surface area contributed by atoms with Crippen LogP contribution in [0, 0.1) is 0 Å². The molecule has 0 aliphatic rings. The van der Waals surface area contributed by atoms with Crippen molar-refractivity contribution >= 4 is 16.1 Å². The number of urea groups is 1. The molecule has 0 fully saturated rings. The minimum atomic E-state index is -4.45. The van der Waals surface area contributed by atoms with Gasteiger partial charge in [0.1, 0.15) is 0 Å². The summed E-state index contributed by atoms with van der Waals surface area (Å²) in [6, 6.07) is 10.1. The molecule has 0 aliphatic carbocycles. The molecule has 6 nitrogen and oxygen atoms in total. The summed E-state index contributed by atoms with van der Waals surface area (Å²) in [5.41, 5.74) is 0.0763. The molecule has 0 heterocycles. The summed E-state index contributed by atoms with van der Waals surface area (Å²) in [5, 5.41) is 4.98. The molecule has 10 heteroatoms. The van der Waals surface area contributed by atoms with Gasteiger partial charge in [-0.15, -0.1) is 0 Å². The highest BCUT2D eigenvalue weighted by Crippen LogP contribution is 2.29. The lowest BCUT2D eigenvalue weighted by molar-refractivity contribution is -0.137. The molecule has 0 unspecified atom stereocenters. The molecule has 2 aromatic carbocycles. The zero-order valence-corrected chi connectivity index (χ0v) is 15.1. The molecule has 0 radical (unpaired) electrons. The first kappa shape index (κ1) is 20.7. The van der Waals surface area contributed by atoms with Gasteiger partial charge in [0.05, 0.1) is 10.5 Å². The Morgan fingerprint density at radius 3 is 2.07 bits per heavy atom. The predicted octanol–water partition coefficient (Wildman–Crippen LogP) is 2.61. The minimum absolute atomic E-state index is 0.0570. The van der Waals surface area contributed by atoms with Crippen LogP contribution in [-0.2, 0) is 29.3 Å². The number of halogens is 3. The van der Waals surface area contributed by atoms with Crippen LogP contribution in [0.2, 0.25) is 0 Å². The van der Waals surface area contributed by atoms with Crippen molar-refractivity contribution in [2.24, 2.45) is 0 Å². The Kier molecular flexibility index (Phi) is 6.45. The highest BCUT2D eigenvalue weighted by atomic mass is 32.2. The highest BCUT2D eigenvalue weighted by Gasteiger charge is 2.30. The Morgan fingerprint density at radius 2 is 1.52 bits per heavy atom. The third kappa shape index (κ3) is 5.97. The molecule has 0 aromatic heterocycles. The summed E-state index contributed by atoms with van der Waals surface area (Å²) in [6.07, 6.45) is -4.45. The Balaban J connectivity index is 1.91. The number of carbonyl (C=O) groups is 1. The van der Waals surface area contributed by atoms with E-state index in [2.05, 4.69) is 15.4 Å². The summed E-state index contributed by atoms with van der Waals surface area (Å²) in [4.78, 5) is 11.9. The van der Waals surface area contributed by atoms with Crippen LogP contribution in [-0.4, -0.2) is 21.5 Å². The Hall–Kier alpha value is -2.59. The number of benzene rings is 2. The molecule has 0 bridgehead atoms. The van der Waals surface area contributed by atoms with Crippen LogP contribution in [0.15, 0.2) is 53.4 Å². The van der Waals surface area contributed by atoms with E-state index in [9.17, 15) is 26.4 Å². The molecule has 0 aliphatic heterocycles. The maximum atomic E-state index is 12.7. The second-order valence-corrected chi connectivity index (χ2v) is 7.48. The van der Waals surface area contributed by atoms with Gasteiger partial charge in [-0.05, 0) is 42.4 Å². The van der Waals surface area contributed by atoms with Gasteiger partial charge in [-0.25, -0.2) is 17.9 Å². The minimum Gasteiger partial charge on any atom is -0.334 e. The van der Waals surface area contributed by atoms with E-state index in [0.717, 1.165) is 12.1 Å². The fourth-order valence-electron chi connectivity index (χ4n) is 2.23. The van der Waals surface area contributed by atoms with Gasteiger partial charge in [-0.3, -0.25) is 0 Å². The number of rotatable bonds is 6. The molecular weight excluding hydrogens is 383 g/mol. The maximum Gasteiger partial charge on any atom is 0.416 e. The smallest absolute Gasteiger partial charge is 0.334 e. The normalized spacial score (nSPS) is 11.9. The van der Waals surface area contributed by atoms with Crippen molar-refractivity contribution in [1.29, 1.82) is 0 Å². The van der Waals surface area contributed by atoms with E-state index in [1.165, 1.54) is 31.3 Å². The number of nitrogens with one attached hydrogen (secondary N) is 3. The van der Waals surface area contributed by atoms with Gasteiger partial charge in [0.15, 0.2) is 0 Å². The average molecular weight is 401 g/mol. The molecular formula is C17H18F3N3O3S. The number of alkyl halides is 3. The number of hydrogen-bond donors (Lipinski definition) is 3. The molecule has 2 amide bonds. The monoisotopic (exact) mass is 401 g/mol. The fraction of sp³-hybridized carbons (Fsp3) is 0.235. The molecule has 27 heavy (non-hydrogen) atoms. The Labute approximate surface area is 154 Å². The quantitative estimate of drug-likeness (QED) is 0.695. The van der Waals surface area contributed by atoms with Crippen LogP contribution in [0.25, 0.3) is 0 Å². The largest absolute Gasteiger partial charge is 0.416 e. The second-order valence-electron chi connectivity index (χ2n) is 5.59. The van der Waals surface area contributed by atoms with Crippen molar-refractivity contribution in [2.75, 3.05) is 7.05 Å². The van der Waals surface area contributed by atoms with E-state index < -0.39 is 27.8 Å². The summed E-state index contributed by atoms with van der Waals surface area (Å²) in [6.45, 7) is -0.0224. The first-order chi connectivity index (χ1) is 12.6. The molecule has 0 atom stereocenters. The topological polar surface area (TPSA) is 87.3 Å². The molecule has 2 aromatic rings. The Bertz CT molecular complexity index is 915. The first-order valence-corrected chi connectivity index (χ1v) is 9.30. The zero-order chi connectivity index (χ0) is 20.1. The lowest BCUT2D eigenvalue weighted by atomic mass is 10.1. The van der Waals surface area contributed by atoms with Crippen LogP contribution in [0.5, 0.6) is 0 Å². The fourth-order valence-corrected chi connectivity index (χ4v) is 3.03. The third-order valence-corrected chi connectivity index (χ3v) is 5.05. The molecule has 146 valence electrons. The van der Waals surface area contributed by atoms with E-state index in [4.69, 9.17) is 0 Å². The van der Waals surface area contributed by atoms with E-state index in [-0.39, 0.29) is 18.0 Å². The van der Waals surface area contributed by atoms with Crippen molar-refractivity contribution in [3.8, 4) is 0 Å². The number of hydrogen-bond acceptors (Lipinski definition) is 3. The SMILES string of the molecule is CNS(=O)(=O)c1cccc(CNC(=O)NCc2cccc(C(F)(F)F)c2)c1. The number of amides is 2. The molecule has 0 saturated carbocycles. The Morgan fingerprint density at radius 1 is 0.963 bits per heavy atom. The van der Waals surface area contributed by atoms with E-state index in [1.54, 1.807) is 12.1 Å². The number of carbonyl (C=O) groups excluding carboxylic acids is 1. The molecule has 2 rings (SSSR count). The second kappa shape index (κ2) is 8.40. The van der Waals surface area contributed by atoms with Gasteiger partial charge in [-0.2, -0.15) is 13.2 Å². The maximum absolute atomic E-state index is 12.7. The van der Waals surface area contributed by atoms with E-state index >= 15 is 0 Å². The summed E-state index contributed by atoms with van der Waals surface area (Å²) in [5.74, 6) is 0. The first-order valence-electron chi connectivity index (χ1n) is 7.82. The van der Waals surface area contributed by atoms with Gasteiger partial charge in [-0.1, -0.05) is 24.3 Å². The van der Waals surface area contributed by atoms with Crippen molar-refractivity contribution in [3.63, 3.8) is 0 Å². The number of sulfonamides is 1. The summed E-state index contributed by atoms with van der Waals surface area (Å²) in [7, 11) is -2.30. The van der Waals surface area contributed by atoms with Crippen molar-refractivity contribution in [1.82, 2.24) is 15.4 Å². The zero-order valence-electron chi connectivity index (χ0n) is 14.3. The van der Waals surface area contributed by atoms with Crippen molar-refractivity contribution < 1.29 is 26.4 Å².